The van der Waals surface area contributed by atoms with Gasteiger partial charge in [0.15, 0.2) is 23.6 Å². The number of ether oxygens (including phenoxy) is 4. The van der Waals surface area contributed by atoms with Crippen LogP contribution >= 0.6 is 11.8 Å². The fourth-order valence-corrected chi connectivity index (χ4v) is 10.4. The van der Waals surface area contributed by atoms with Gasteiger partial charge in [-0.3, -0.25) is 19.2 Å². The number of aliphatic hydroxyl groups is 3. The van der Waals surface area contributed by atoms with E-state index in [1.165, 1.54) is 32.2 Å². The third-order valence-electron chi connectivity index (χ3n) is 12.8. The van der Waals surface area contributed by atoms with Gasteiger partial charge in [0.1, 0.15) is 42.3 Å². The minimum Gasteiger partial charge on any atom is -0.467 e. The number of Topliss-reactive ketones (excluding diaryl/α,β-unsaturated/α-hetero) is 1. The number of unbranched alkanes of at least 4 members (excludes halogenated alkanes) is 1. The summed E-state index contributed by atoms with van der Waals surface area (Å²) in [6.45, 7) is 10.1. The van der Waals surface area contributed by atoms with Crippen molar-refractivity contribution in [3.8, 4) is 0 Å². The van der Waals surface area contributed by atoms with Crippen molar-refractivity contribution in [1.82, 2.24) is 5.32 Å². The molecule has 0 radical (unpaired) electrons. The van der Waals surface area contributed by atoms with Crippen LogP contribution in [0.4, 0.5) is 4.79 Å². The van der Waals surface area contributed by atoms with E-state index in [0.29, 0.717) is 11.3 Å². The van der Waals surface area contributed by atoms with E-state index in [1.807, 2.05) is 13.0 Å². The van der Waals surface area contributed by atoms with E-state index >= 15 is 4.79 Å². The lowest BCUT2D eigenvalue weighted by Crippen LogP contribution is -2.81. The third kappa shape index (κ3) is 8.05. The van der Waals surface area contributed by atoms with Gasteiger partial charge in [-0.15, -0.1) is 0 Å². The maximum absolute atomic E-state index is 15.4. The lowest BCUT2D eigenvalue weighted by Gasteiger charge is -2.67. The van der Waals surface area contributed by atoms with Crippen LogP contribution in [0.1, 0.15) is 91.5 Å². The molecule has 3 fully saturated rings. The van der Waals surface area contributed by atoms with Gasteiger partial charge in [0.2, 0.25) is 0 Å². The molecule has 328 valence electrons. The number of carbonyl (C=O) groups is 5. The lowest BCUT2D eigenvalue weighted by atomic mass is 9.44. The van der Waals surface area contributed by atoms with Crippen LogP contribution in [-0.4, -0.2) is 104 Å². The molecule has 17 heteroatoms. The predicted molar refractivity (Wildman–Crippen MR) is 212 cm³/mol. The molecule has 2 heterocycles. The first-order valence-electron chi connectivity index (χ1n) is 20.1. The molecule has 16 nitrogen and oxygen atoms in total. The zero-order valence-corrected chi connectivity index (χ0v) is 35.7. The maximum atomic E-state index is 15.4. The molecule has 3 aliphatic carbocycles. The number of amides is 1. The number of hydrogen-bond donors (Lipinski definition) is 4. The molecule has 1 amide bonds. The number of furan rings is 1. The van der Waals surface area contributed by atoms with Crippen LogP contribution in [0.2, 0.25) is 0 Å². The molecule has 0 spiro atoms. The zero-order chi connectivity index (χ0) is 43.8. The minimum atomic E-state index is -2.26. The number of ketones is 1. The summed E-state index contributed by atoms with van der Waals surface area (Å²) in [6.07, 6.45) is -6.97. The number of thioether (sulfide) groups is 1. The molecule has 6 rings (SSSR count). The Labute approximate surface area is 352 Å². The van der Waals surface area contributed by atoms with Gasteiger partial charge in [0.05, 0.1) is 30.3 Å². The van der Waals surface area contributed by atoms with Crippen molar-refractivity contribution >= 4 is 40.7 Å². The van der Waals surface area contributed by atoms with E-state index < -0.39 is 106 Å². The van der Waals surface area contributed by atoms with Gasteiger partial charge in [-0.2, -0.15) is 0 Å². The van der Waals surface area contributed by atoms with Crippen LogP contribution in [0, 0.1) is 16.7 Å². The van der Waals surface area contributed by atoms with Crippen molar-refractivity contribution in [2.75, 3.05) is 12.4 Å². The quantitative estimate of drug-likeness (QED) is 0.0515. The van der Waals surface area contributed by atoms with Crippen molar-refractivity contribution in [3.05, 3.63) is 71.2 Å². The molecule has 2 saturated carbocycles. The summed E-state index contributed by atoms with van der Waals surface area (Å²) < 4.78 is 29.3. The van der Waals surface area contributed by atoms with Crippen molar-refractivity contribution in [2.24, 2.45) is 16.7 Å². The van der Waals surface area contributed by atoms with Crippen LogP contribution in [0.5, 0.6) is 0 Å². The number of rotatable bonds is 14. The molecule has 1 aromatic carbocycles. The van der Waals surface area contributed by atoms with Gasteiger partial charge < -0.3 is 44.0 Å². The lowest BCUT2D eigenvalue weighted by molar-refractivity contribution is -0.420. The van der Waals surface area contributed by atoms with E-state index in [1.54, 1.807) is 45.0 Å². The van der Waals surface area contributed by atoms with Crippen LogP contribution in [-0.2, 0) is 54.5 Å². The van der Waals surface area contributed by atoms with E-state index in [4.69, 9.17) is 33.1 Å². The average molecular weight is 858 g/mol. The Bertz CT molecular complexity index is 1950. The Hall–Kier alpha value is -4.10. The fourth-order valence-electron chi connectivity index (χ4n) is 9.58. The Kier molecular flexibility index (Phi) is 13.4. The predicted octanol–water partition coefficient (Wildman–Crippen LogP) is 4.43. The second-order valence-electron chi connectivity index (χ2n) is 16.8. The van der Waals surface area contributed by atoms with Crippen molar-refractivity contribution in [3.63, 3.8) is 0 Å². The highest BCUT2D eigenvalue weighted by Crippen LogP contribution is 2.64. The number of hydrogen-bond acceptors (Lipinski definition) is 16. The average Bonchev–Trinajstić information content (AvgIpc) is 3.73. The van der Waals surface area contributed by atoms with Crippen molar-refractivity contribution < 1.29 is 72.4 Å². The van der Waals surface area contributed by atoms with Crippen LogP contribution in [0.3, 0.4) is 0 Å². The summed E-state index contributed by atoms with van der Waals surface area (Å²) in [5.74, 6) is -4.45. The second-order valence-corrected chi connectivity index (χ2v) is 17.9. The topological polar surface area (TPSA) is 227 Å². The molecule has 1 saturated heterocycles. The second kappa shape index (κ2) is 17.7. The molecule has 2 aromatic rings. The Balaban J connectivity index is 1.48. The van der Waals surface area contributed by atoms with Crippen molar-refractivity contribution in [1.29, 1.82) is 0 Å². The number of fused-ring (bicyclic) bond motifs is 5. The Morgan fingerprint density at radius 2 is 1.75 bits per heavy atom. The van der Waals surface area contributed by atoms with Gasteiger partial charge in [-0.05, 0) is 49.1 Å². The number of aliphatic hydroxyl groups excluding tert-OH is 2. The summed E-state index contributed by atoms with van der Waals surface area (Å²) in [6, 6.07) is 10.6. The summed E-state index contributed by atoms with van der Waals surface area (Å²) in [5, 5.41) is 39.3. The Morgan fingerprint density at radius 1 is 1.03 bits per heavy atom. The SMILES string of the molecule is CCCCSC(=O)N[C@@H](c1ccco1)[C@@H](O)C(=O)O[C@H]1C[C@@]2(O)[C@@H](OOCc3ccccc3)[C@@H]3[C@]4(OC(C)=O)CO[C@@H]4C[C@H](O)[C@@]3(C)C(=O)[C@H](OC(C)=O)C(=C1C)C2(C)C. The number of nitrogens with one attached hydrogen (secondary N) is 1. The fraction of sp³-hybridized carbons (Fsp3) is 0.605. The standard InChI is InChI=1S/C43H55NO15S/c1-8-9-18-60-39(51)44-32(27-16-13-17-53-27)33(48)38(50)57-28-20-43(52)37(59-55-21-26-14-11-10-12-15-26)35-41(7,29(47)19-30-42(35,22-54-30)58-25(4)46)36(49)34(56-24(3)45)31(23(28)2)40(43,5)6/h10-17,28-30,32-35,37,47-48,52H,8-9,18-22H2,1-7H3,(H,44,51)/t28-,29-,30+,32-,33+,34+,35-,37-,41+,42-,43+/m0/s1. The highest BCUT2D eigenvalue weighted by atomic mass is 32.2. The number of carbonyl (C=O) groups excluding carboxylic acids is 5. The summed E-state index contributed by atoms with van der Waals surface area (Å²) in [7, 11) is 0. The molecule has 2 bridgehead atoms. The van der Waals surface area contributed by atoms with Crippen LogP contribution in [0.15, 0.2) is 64.3 Å². The number of benzene rings is 1. The highest BCUT2D eigenvalue weighted by Gasteiger charge is 2.78. The molecule has 1 aliphatic heterocycles. The third-order valence-corrected chi connectivity index (χ3v) is 13.7. The maximum Gasteiger partial charge on any atom is 0.338 e. The smallest absolute Gasteiger partial charge is 0.338 e. The van der Waals surface area contributed by atoms with E-state index in [-0.39, 0.29) is 36.5 Å². The molecule has 4 N–H and O–H groups in total. The number of esters is 3. The van der Waals surface area contributed by atoms with Crippen LogP contribution in [0.25, 0.3) is 0 Å². The highest BCUT2D eigenvalue weighted by molar-refractivity contribution is 8.13. The molecular weight excluding hydrogens is 803 g/mol. The Morgan fingerprint density at radius 3 is 2.35 bits per heavy atom. The minimum absolute atomic E-state index is 0.0593. The van der Waals surface area contributed by atoms with Gasteiger partial charge in [-0.1, -0.05) is 69.3 Å². The van der Waals surface area contributed by atoms with Gasteiger partial charge in [0.25, 0.3) is 5.24 Å². The monoisotopic (exact) mass is 857 g/mol. The van der Waals surface area contributed by atoms with E-state index in [2.05, 4.69) is 5.32 Å². The van der Waals surface area contributed by atoms with Crippen LogP contribution < -0.4 is 5.32 Å². The molecule has 11 atom stereocenters. The zero-order valence-electron chi connectivity index (χ0n) is 34.8. The summed E-state index contributed by atoms with van der Waals surface area (Å²) in [5.41, 5.74) is -6.48. The summed E-state index contributed by atoms with van der Waals surface area (Å²) in [4.78, 5) is 80.5. The molecule has 1 aromatic heterocycles. The largest absolute Gasteiger partial charge is 0.467 e. The van der Waals surface area contributed by atoms with E-state index in [0.717, 1.165) is 31.5 Å². The molecule has 4 aliphatic rings. The first kappa shape index (κ1) is 45.4. The summed E-state index contributed by atoms with van der Waals surface area (Å²) >= 11 is 0.981. The molecule has 0 unspecified atom stereocenters. The van der Waals surface area contributed by atoms with Gasteiger partial charge in [0, 0.05) is 37.9 Å². The first-order chi connectivity index (χ1) is 28.3. The van der Waals surface area contributed by atoms with E-state index in [9.17, 15) is 34.5 Å². The molecule has 60 heavy (non-hydrogen) atoms. The van der Waals surface area contributed by atoms with Gasteiger partial charge >= 0.3 is 17.9 Å². The van der Waals surface area contributed by atoms with Crippen molar-refractivity contribution in [2.45, 2.75) is 135 Å². The normalized spacial score (nSPS) is 32.8. The molecular formula is C43H55NO15S. The van der Waals surface area contributed by atoms with Gasteiger partial charge in [-0.25, -0.2) is 14.6 Å². The first-order valence-corrected chi connectivity index (χ1v) is 21.1.